The van der Waals surface area contributed by atoms with Gasteiger partial charge in [0.2, 0.25) is 0 Å². The molecule has 0 fully saturated rings. The van der Waals surface area contributed by atoms with E-state index in [1.807, 2.05) is 102 Å². The highest BCUT2D eigenvalue weighted by Crippen LogP contribution is 2.38. The lowest BCUT2D eigenvalue weighted by atomic mass is 9.89. The maximum atomic E-state index is 13.7. The normalized spacial score (nSPS) is 15.3. The fourth-order valence-corrected chi connectivity index (χ4v) is 5.53. The van der Waals surface area contributed by atoms with Gasteiger partial charge in [-0.15, -0.1) is 0 Å². The van der Waals surface area contributed by atoms with Crippen molar-refractivity contribution in [1.29, 1.82) is 0 Å². The number of para-hydroxylation sites is 1. The van der Waals surface area contributed by atoms with E-state index in [4.69, 9.17) is 9.47 Å². The van der Waals surface area contributed by atoms with Crippen molar-refractivity contribution in [2.45, 2.75) is 59.3 Å². The van der Waals surface area contributed by atoms with Crippen LogP contribution in [-0.4, -0.2) is 40.3 Å². The molecule has 42 heavy (non-hydrogen) atoms. The van der Waals surface area contributed by atoms with Crippen molar-refractivity contribution in [1.82, 2.24) is 4.90 Å². The molecule has 0 spiro atoms. The lowest BCUT2D eigenvalue weighted by Gasteiger charge is -2.35. The summed E-state index contributed by atoms with van der Waals surface area (Å²) >= 11 is 0. The van der Waals surface area contributed by atoms with Crippen LogP contribution in [0, 0.1) is 13.8 Å². The topological polar surface area (TPSA) is 76.1 Å². The van der Waals surface area contributed by atoms with Crippen molar-refractivity contribution in [2.75, 3.05) is 6.54 Å². The van der Waals surface area contributed by atoms with Crippen LogP contribution < -0.4 is 4.74 Å². The Morgan fingerprint density at radius 3 is 2.40 bits per heavy atom. The molecule has 1 aliphatic heterocycles. The van der Waals surface area contributed by atoms with Gasteiger partial charge in [0.15, 0.2) is 0 Å². The first-order valence-electron chi connectivity index (χ1n) is 14.2. The van der Waals surface area contributed by atoms with E-state index in [9.17, 15) is 14.7 Å². The van der Waals surface area contributed by atoms with Gasteiger partial charge < -0.3 is 14.6 Å². The van der Waals surface area contributed by atoms with Crippen molar-refractivity contribution in [3.8, 4) is 5.75 Å². The predicted octanol–water partition coefficient (Wildman–Crippen LogP) is 8.35. The molecular formula is C36H37NO5. The summed E-state index contributed by atoms with van der Waals surface area (Å²) in [5.41, 5.74) is 4.78. The van der Waals surface area contributed by atoms with E-state index >= 15 is 0 Å². The first-order chi connectivity index (χ1) is 19.9. The second-order valence-corrected chi connectivity index (χ2v) is 11.9. The molecule has 0 saturated carbocycles. The molecule has 6 nitrogen and oxygen atoms in total. The van der Waals surface area contributed by atoms with Gasteiger partial charge in [-0.05, 0) is 98.4 Å². The molecule has 0 bridgehead atoms. The number of carboxylic acids is 1. The second kappa shape index (κ2) is 11.4. The average molecular weight is 564 g/mol. The highest BCUT2D eigenvalue weighted by molar-refractivity contribution is 5.93. The van der Waals surface area contributed by atoms with Gasteiger partial charge in [0.1, 0.15) is 17.5 Å². The van der Waals surface area contributed by atoms with Gasteiger partial charge in [0.05, 0.1) is 18.2 Å². The monoisotopic (exact) mass is 563 g/mol. The molecule has 5 rings (SSSR count). The third kappa shape index (κ3) is 5.89. The van der Waals surface area contributed by atoms with Gasteiger partial charge in [-0.25, -0.2) is 9.59 Å². The zero-order valence-corrected chi connectivity index (χ0v) is 25.0. The molecule has 1 aliphatic rings. The van der Waals surface area contributed by atoms with Crippen LogP contribution in [0.2, 0.25) is 0 Å². The standard InChI is InChI=1S/C36H37NO5/c1-22-18-26(19-31(23(22)2)34(38)39)32-20-27(41-33-17-10-9-15-30(32)33)21-37(35(40)42-36(4,5)6)24(3)28-16-11-13-25-12-7-8-14-29(25)28/h7-20,24,27H,21H2,1-6H3,(H,38,39)/t24-,27-/m1/s1. The fraction of sp³-hybridized carbons (Fsp3) is 0.278. The maximum absolute atomic E-state index is 13.7. The molecule has 1 heterocycles. The van der Waals surface area contributed by atoms with Crippen molar-refractivity contribution in [3.05, 3.63) is 118 Å². The number of benzene rings is 4. The summed E-state index contributed by atoms with van der Waals surface area (Å²) in [6.45, 7) is 11.6. The Balaban J connectivity index is 1.58. The van der Waals surface area contributed by atoms with Gasteiger partial charge in [-0.3, -0.25) is 4.90 Å². The fourth-order valence-electron chi connectivity index (χ4n) is 5.53. The zero-order chi connectivity index (χ0) is 30.2. The van der Waals surface area contributed by atoms with Crippen LogP contribution in [-0.2, 0) is 4.74 Å². The smallest absolute Gasteiger partial charge is 0.410 e. The van der Waals surface area contributed by atoms with E-state index in [2.05, 4.69) is 18.2 Å². The van der Waals surface area contributed by atoms with Crippen LogP contribution >= 0.6 is 0 Å². The third-order valence-electron chi connectivity index (χ3n) is 7.76. The Morgan fingerprint density at radius 1 is 0.976 bits per heavy atom. The zero-order valence-electron chi connectivity index (χ0n) is 25.0. The Hall–Kier alpha value is -4.58. The molecule has 216 valence electrons. The summed E-state index contributed by atoms with van der Waals surface area (Å²) in [6.07, 6.45) is 1.06. The Bertz CT molecular complexity index is 1690. The summed E-state index contributed by atoms with van der Waals surface area (Å²) in [6, 6.07) is 25.4. The number of hydrogen-bond acceptors (Lipinski definition) is 4. The molecule has 4 aromatic carbocycles. The van der Waals surface area contributed by atoms with Crippen molar-refractivity contribution >= 4 is 28.4 Å². The highest BCUT2D eigenvalue weighted by Gasteiger charge is 2.32. The minimum absolute atomic E-state index is 0.230. The number of carbonyl (C=O) groups excluding carboxylic acids is 1. The molecule has 0 unspecified atom stereocenters. The molecule has 0 aliphatic carbocycles. The number of rotatable bonds is 6. The average Bonchev–Trinajstić information content (AvgIpc) is 2.95. The summed E-state index contributed by atoms with van der Waals surface area (Å²) in [5.74, 6) is -0.285. The van der Waals surface area contributed by atoms with Crippen LogP contribution in [0.4, 0.5) is 4.79 Å². The van der Waals surface area contributed by atoms with Crippen LogP contribution in [0.15, 0.2) is 84.9 Å². The number of aryl methyl sites for hydroxylation is 1. The SMILES string of the molecule is Cc1cc(C2=C[C@H](CN(C(=O)OC(C)(C)C)[C@H](C)c3cccc4ccccc34)Oc3ccccc32)cc(C(=O)O)c1C. The molecule has 4 aromatic rings. The van der Waals surface area contributed by atoms with E-state index in [1.165, 1.54) is 0 Å². The molecule has 1 N–H and O–H groups in total. The number of aromatic carboxylic acids is 1. The largest absolute Gasteiger partial charge is 0.484 e. The van der Waals surface area contributed by atoms with E-state index in [1.54, 1.807) is 11.0 Å². The Morgan fingerprint density at radius 2 is 1.67 bits per heavy atom. The summed E-state index contributed by atoms with van der Waals surface area (Å²) in [7, 11) is 0. The number of amides is 1. The molecule has 1 amide bonds. The molecule has 2 atom stereocenters. The van der Waals surface area contributed by atoms with Gasteiger partial charge in [-0.2, -0.15) is 0 Å². The minimum Gasteiger partial charge on any atom is -0.484 e. The van der Waals surface area contributed by atoms with E-state index in [0.29, 0.717) is 5.75 Å². The van der Waals surface area contributed by atoms with Crippen molar-refractivity contribution in [2.24, 2.45) is 0 Å². The maximum Gasteiger partial charge on any atom is 0.410 e. The molecule has 0 aromatic heterocycles. The first-order valence-corrected chi connectivity index (χ1v) is 14.2. The van der Waals surface area contributed by atoms with Crippen LogP contribution in [0.1, 0.15) is 71.9 Å². The van der Waals surface area contributed by atoms with E-state index in [-0.39, 0.29) is 18.2 Å². The number of carbonyl (C=O) groups is 2. The lowest BCUT2D eigenvalue weighted by molar-refractivity contribution is 0.0110. The van der Waals surface area contributed by atoms with Crippen LogP contribution in [0.5, 0.6) is 5.75 Å². The lowest BCUT2D eigenvalue weighted by Crippen LogP contribution is -2.44. The van der Waals surface area contributed by atoms with Crippen LogP contribution in [0.25, 0.3) is 16.3 Å². The van der Waals surface area contributed by atoms with Crippen molar-refractivity contribution < 1.29 is 24.2 Å². The Kier molecular flexibility index (Phi) is 7.83. The van der Waals surface area contributed by atoms with Gasteiger partial charge in [0.25, 0.3) is 0 Å². The summed E-state index contributed by atoms with van der Waals surface area (Å²) < 4.78 is 12.4. The third-order valence-corrected chi connectivity index (χ3v) is 7.76. The number of fused-ring (bicyclic) bond motifs is 2. The first kappa shape index (κ1) is 28.9. The Labute approximate surface area is 247 Å². The van der Waals surface area contributed by atoms with E-state index < -0.39 is 23.8 Å². The molecule has 0 saturated heterocycles. The van der Waals surface area contributed by atoms with E-state index in [0.717, 1.165) is 44.2 Å². The molecule has 6 heteroatoms. The van der Waals surface area contributed by atoms with Gasteiger partial charge in [-0.1, -0.05) is 66.7 Å². The summed E-state index contributed by atoms with van der Waals surface area (Å²) in [5, 5.41) is 12.0. The molecular weight excluding hydrogens is 526 g/mol. The predicted molar refractivity (Wildman–Crippen MR) is 166 cm³/mol. The number of hydrogen-bond donors (Lipinski definition) is 1. The van der Waals surface area contributed by atoms with Gasteiger partial charge in [0, 0.05) is 5.56 Å². The number of carboxylic acid groups (broad SMARTS) is 1. The van der Waals surface area contributed by atoms with Gasteiger partial charge >= 0.3 is 12.1 Å². The van der Waals surface area contributed by atoms with Crippen molar-refractivity contribution in [3.63, 3.8) is 0 Å². The molecule has 0 radical (unpaired) electrons. The minimum atomic E-state index is -0.963. The van der Waals surface area contributed by atoms with Crippen LogP contribution in [0.3, 0.4) is 0 Å². The number of nitrogens with zero attached hydrogens (tertiary/aromatic N) is 1. The summed E-state index contributed by atoms with van der Waals surface area (Å²) in [4.78, 5) is 27.5. The highest BCUT2D eigenvalue weighted by atomic mass is 16.6. The number of ether oxygens (including phenoxy) is 2. The quantitative estimate of drug-likeness (QED) is 0.255. The second-order valence-electron chi connectivity index (χ2n) is 11.9.